The standard InChI is InChI=1S/C31H27ClO4/c32-22-23-15-16-28-29(21-23)31(36-20-18-34-25-11-5-2-6-12-25)27-14-8-7-13-26(27)30(28)35-19-17-33-24-9-3-1-4-10-24/h1-16,21H,17-20,22H2. The van der Waals surface area contributed by atoms with Gasteiger partial charge in [0.2, 0.25) is 0 Å². The molecule has 0 N–H and O–H groups in total. The lowest BCUT2D eigenvalue weighted by Gasteiger charge is -2.19. The van der Waals surface area contributed by atoms with Gasteiger partial charge in [0, 0.05) is 27.4 Å². The molecule has 5 heteroatoms. The Morgan fingerprint density at radius 3 is 1.42 bits per heavy atom. The van der Waals surface area contributed by atoms with Crippen LogP contribution in [0.15, 0.2) is 103 Å². The first-order valence-electron chi connectivity index (χ1n) is 12.0. The molecule has 36 heavy (non-hydrogen) atoms. The van der Waals surface area contributed by atoms with Crippen molar-refractivity contribution in [2.24, 2.45) is 0 Å². The quantitative estimate of drug-likeness (QED) is 0.106. The summed E-state index contributed by atoms with van der Waals surface area (Å²) in [6, 6.07) is 33.8. The summed E-state index contributed by atoms with van der Waals surface area (Å²) in [4.78, 5) is 0. The lowest BCUT2D eigenvalue weighted by molar-refractivity contribution is 0.218. The van der Waals surface area contributed by atoms with Gasteiger partial charge in [0.05, 0.1) is 0 Å². The van der Waals surface area contributed by atoms with Gasteiger partial charge in [-0.25, -0.2) is 0 Å². The molecule has 182 valence electrons. The summed E-state index contributed by atoms with van der Waals surface area (Å²) in [5.74, 6) is 3.68. The number of rotatable bonds is 11. The van der Waals surface area contributed by atoms with Crippen molar-refractivity contribution in [3.05, 3.63) is 109 Å². The fourth-order valence-electron chi connectivity index (χ4n) is 4.18. The molecule has 5 rings (SSSR count). The van der Waals surface area contributed by atoms with Crippen LogP contribution in [0.3, 0.4) is 0 Å². The maximum atomic E-state index is 6.34. The Labute approximate surface area is 215 Å². The normalized spacial score (nSPS) is 10.9. The lowest BCUT2D eigenvalue weighted by atomic mass is 9.99. The van der Waals surface area contributed by atoms with Crippen molar-refractivity contribution in [2.45, 2.75) is 5.88 Å². The van der Waals surface area contributed by atoms with Crippen molar-refractivity contribution in [1.82, 2.24) is 0 Å². The van der Waals surface area contributed by atoms with E-state index >= 15 is 0 Å². The predicted molar refractivity (Wildman–Crippen MR) is 146 cm³/mol. The highest BCUT2D eigenvalue weighted by atomic mass is 35.5. The molecule has 0 radical (unpaired) electrons. The van der Waals surface area contributed by atoms with E-state index in [1.54, 1.807) is 0 Å². The summed E-state index contributed by atoms with van der Waals surface area (Å²) in [5, 5.41) is 3.91. The second-order valence-electron chi connectivity index (χ2n) is 8.24. The van der Waals surface area contributed by atoms with Gasteiger partial charge in [-0.2, -0.15) is 0 Å². The minimum atomic E-state index is 0.407. The van der Waals surface area contributed by atoms with E-state index in [1.807, 2.05) is 78.9 Å². The smallest absolute Gasteiger partial charge is 0.135 e. The Hall–Kier alpha value is -3.89. The van der Waals surface area contributed by atoms with Crippen LogP contribution < -0.4 is 18.9 Å². The van der Waals surface area contributed by atoms with Crippen LogP contribution in [0.2, 0.25) is 0 Å². The molecule has 0 unspecified atom stereocenters. The molecule has 4 nitrogen and oxygen atoms in total. The predicted octanol–water partition coefficient (Wildman–Crippen LogP) is 7.65. The fraction of sp³-hybridized carbons (Fsp3) is 0.161. The van der Waals surface area contributed by atoms with Gasteiger partial charge >= 0.3 is 0 Å². The second-order valence-corrected chi connectivity index (χ2v) is 8.50. The van der Waals surface area contributed by atoms with Crippen LogP contribution in [0.5, 0.6) is 23.0 Å². The number of halogens is 1. The molecule has 0 amide bonds. The maximum Gasteiger partial charge on any atom is 0.135 e. The zero-order chi connectivity index (χ0) is 24.6. The molecule has 0 saturated heterocycles. The Bertz CT molecular complexity index is 1420. The van der Waals surface area contributed by atoms with Crippen LogP contribution >= 0.6 is 11.6 Å². The highest BCUT2D eigenvalue weighted by molar-refractivity contribution is 6.17. The highest BCUT2D eigenvalue weighted by Gasteiger charge is 2.17. The van der Waals surface area contributed by atoms with Crippen LogP contribution in [-0.2, 0) is 5.88 Å². The van der Waals surface area contributed by atoms with Gasteiger partial charge in [0.1, 0.15) is 49.4 Å². The van der Waals surface area contributed by atoms with Crippen molar-refractivity contribution < 1.29 is 18.9 Å². The van der Waals surface area contributed by atoms with Crippen LogP contribution in [0, 0.1) is 0 Å². The molecular formula is C31H27ClO4. The molecule has 0 spiro atoms. The van der Waals surface area contributed by atoms with Crippen molar-refractivity contribution >= 4 is 33.1 Å². The maximum absolute atomic E-state index is 6.34. The van der Waals surface area contributed by atoms with E-state index in [-0.39, 0.29) is 0 Å². The second kappa shape index (κ2) is 11.7. The van der Waals surface area contributed by atoms with E-state index in [1.165, 1.54) is 0 Å². The van der Waals surface area contributed by atoms with Gasteiger partial charge in [-0.1, -0.05) is 72.8 Å². The highest BCUT2D eigenvalue weighted by Crippen LogP contribution is 2.43. The Morgan fingerprint density at radius 2 is 0.889 bits per heavy atom. The molecule has 5 aromatic rings. The van der Waals surface area contributed by atoms with Gasteiger partial charge in [-0.05, 0) is 35.9 Å². The Kier molecular flexibility index (Phi) is 7.74. The largest absolute Gasteiger partial charge is 0.490 e. The topological polar surface area (TPSA) is 36.9 Å². The minimum absolute atomic E-state index is 0.407. The van der Waals surface area contributed by atoms with Crippen LogP contribution in [0.25, 0.3) is 21.5 Å². The van der Waals surface area contributed by atoms with Crippen molar-refractivity contribution in [1.29, 1.82) is 0 Å². The van der Waals surface area contributed by atoms with Gasteiger partial charge in [0.15, 0.2) is 0 Å². The molecule has 0 bridgehead atoms. The van der Waals surface area contributed by atoms with E-state index in [4.69, 9.17) is 30.5 Å². The zero-order valence-corrected chi connectivity index (χ0v) is 20.6. The van der Waals surface area contributed by atoms with Gasteiger partial charge in [0.25, 0.3) is 0 Å². The van der Waals surface area contributed by atoms with Gasteiger partial charge in [-0.3, -0.25) is 0 Å². The Balaban J connectivity index is 1.42. The fourth-order valence-corrected chi connectivity index (χ4v) is 4.35. The SMILES string of the molecule is ClCc1ccc2c(OCCOc3ccccc3)c3ccccc3c(OCCOc3ccccc3)c2c1. The van der Waals surface area contributed by atoms with Crippen LogP contribution in [0.1, 0.15) is 5.56 Å². The average Bonchev–Trinajstić information content (AvgIpc) is 2.94. The summed E-state index contributed by atoms with van der Waals surface area (Å²) in [6.45, 7) is 1.69. The van der Waals surface area contributed by atoms with Gasteiger partial charge < -0.3 is 18.9 Å². The molecule has 0 heterocycles. The number of alkyl halides is 1. The Morgan fingerprint density at radius 1 is 0.444 bits per heavy atom. The zero-order valence-electron chi connectivity index (χ0n) is 19.9. The summed E-state index contributed by atoms with van der Waals surface area (Å²) in [7, 11) is 0. The number of fused-ring (bicyclic) bond motifs is 2. The molecule has 0 aliphatic heterocycles. The molecule has 0 saturated carbocycles. The summed E-state index contributed by atoms with van der Waals surface area (Å²) >= 11 is 6.18. The van der Waals surface area contributed by atoms with E-state index in [0.717, 1.165) is 50.1 Å². The van der Waals surface area contributed by atoms with E-state index < -0.39 is 0 Å². The monoisotopic (exact) mass is 498 g/mol. The third-order valence-electron chi connectivity index (χ3n) is 5.83. The molecular weight excluding hydrogens is 472 g/mol. The van der Waals surface area contributed by atoms with E-state index in [9.17, 15) is 0 Å². The van der Waals surface area contributed by atoms with Crippen molar-refractivity contribution in [3.63, 3.8) is 0 Å². The number of ether oxygens (including phenoxy) is 4. The minimum Gasteiger partial charge on any atom is -0.490 e. The molecule has 0 fully saturated rings. The third-order valence-corrected chi connectivity index (χ3v) is 6.14. The number of hydrogen-bond acceptors (Lipinski definition) is 4. The van der Waals surface area contributed by atoms with E-state index in [0.29, 0.717) is 32.3 Å². The first-order valence-corrected chi connectivity index (χ1v) is 12.5. The number of para-hydroxylation sites is 2. The molecule has 0 aliphatic rings. The first kappa shape index (κ1) is 23.8. The molecule has 0 aliphatic carbocycles. The van der Waals surface area contributed by atoms with Crippen molar-refractivity contribution in [3.8, 4) is 23.0 Å². The van der Waals surface area contributed by atoms with E-state index in [2.05, 4.69) is 24.3 Å². The molecule has 0 aromatic heterocycles. The summed E-state index contributed by atoms with van der Waals surface area (Å²) in [5.41, 5.74) is 1.02. The molecule has 5 aromatic carbocycles. The van der Waals surface area contributed by atoms with Gasteiger partial charge in [-0.15, -0.1) is 11.6 Å². The summed E-state index contributed by atoms with van der Waals surface area (Å²) in [6.07, 6.45) is 0. The third kappa shape index (κ3) is 5.50. The van der Waals surface area contributed by atoms with Crippen molar-refractivity contribution in [2.75, 3.05) is 26.4 Å². The summed E-state index contributed by atoms with van der Waals surface area (Å²) < 4.78 is 24.3. The average molecular weight is 499 g/mol. The van der Waals surface area contributed by atoms with Crippen LogP contribution in [0.4, 0.5) is 0 Å². The van der Waals surface area contributed by atoms with Crippen LogP contribution in [-0.4, -0.2) is 26.4 Å². The number of benzene rings is 5. The lowest BCUT2D eigenvalue weighted by Crippen LogP contribution is -2.11. The molecule has 0 atom stereocenters. The first-order chi connectivity index (χ1) is 17.8. The number of hydrogen-bond donors (Lipinski definition) is 0.